The van der Waals surface area contributed by atoms with Crippen LogP contribution in [0.4, 0.5) is 0 Å². The number of fused-ring (bicyclic) bond motifs is 1. The first-order valence-corrected chi connectivity index (χ1v) is 22.5. The third kappa shape index (κ3) is 11.9. The average molecular weight is 1010 g/mol. The lowest BCUT2D eigenvalue weighted by atomic mass is 9.86. The van der Waals surface area contributed by atoms with Crippen LogP contribution in [0, 0.1) is 0 Å². The van der Waals surface area contributed by atoms with E-state index in [4.69, 9.17) is 56.8 Å². The Kier molecular flexibility index (Phi) is 17.2. The van der Waals surface area contributed by atoms with E-state index in [0.29, 0.717) is 11.1 Å². The second kappa shape index (κ2) is 23.1. The quantitative estimate of drug-likeness (QED) is 0.106. The number of hydrogen-bond acceptors (Lipinski definition) is 21. The maximum atomic E-state index is 14.3. The summed E-state index contributed by atoms with van der Waals surface area (Å²) in [7, 11) is 4.12. The number of nitrogens with zero attached hydrogens (tertiary/aromatic N) is 1. The van der Waals surface area contributed by atoms with Crippen molar-refractivity contribution in [3.63, 3.8) is 0 Å². The molecule has 22 nitrogen and oxygen atoms in total. The highest BCUT2D eigenvalue weighted by molar-refractivity contribution is 6.21. The van der Waals surface area contributed by atoms with Crippen molar-refractivity contribution in [2.24, 2.45) is 0 Å². The van der Waals surface area contributed by atoms with Crippen molar-refractivity contribution in [2.45, 2.75) is 116 Å². The average Bonchev–Trinajstić information content (AvgIpc) is 3.56. The van der Waals surface area contributed by atoms with Crippen molar-refractivity contribution in [3.05, 3.63) is 88.0 Å². The van der Waals surface area contributed by atoms with Crippen LogP contribution in [-0.4, -0.2) is 142 Å². The van der Waals surface area contributed by atoms with E-state index >= 15 is 0 Å². The lowest BCUT2D eigenvalue weighted by Crippen LogP contribution is -2.64. The predicted octanol–water partition coefficient (Wildman–Crippen LogP) is 3.63. The Morgan fingerprint density at radius 1 is 0.486 bits per heavy atom. The zero-order valence-corrected chi connectivity index (χ0v) is 41.1. The molecule has 10 atom stereocenters. The molecule has 0 aliphatic carbocycles. The summed E-state index contributed by atoms with van der Waals surface area (Å²) in [5.74, 6) is -6.50. The maximum Gasteiger partial charge on any atom is 0.303 e. The van der Waals surface area contributed by atoms with Gasteiger partial charge in [-0.3, -0.25) is 48.1 Å². The predicted molar refractivity (Wildman–Crippen MR) is 242 cm³/mol. The second-order valence-corrected chi connectivity index (χ2v) is 16.8. The SMILES string of the molecule is COc1cc([C@@H]2O[C@H](COC(C)=O)[C@@H](OC(C)=O)[C@H](OC(C)=O)[C@H]2N2C(=O)c3ccccc3C2=O)c(OC)cc1Cc1ccc(OC)c([C@@H]2O[C@H](COC(C)=O)[C@H](OC(C)=O)[C@H](OC(C)=O)[C@H]2OC(C)=O)c1. The van der Waals surface area contributed by atoms with Gasteiger partial charge in [-0.1, -0.05) is 18.2 Å². The van der Waals surface area contributed by atoms with Crippen LogP contribution in [0.15, 0.2) is 54.6 Å². The van der Waals surface area contributed by atoms with Crippen LogP contribution in [0.1, 0.15) is 104 Å². The summed E-state index contributed by atoms with van der Waals surface area (Å²) in [6, 6.07) is 12.7. The Balaban J connectivity index is 1.49. The molecule has 3 aliphatic heterocycles. The van der Waals surface area contributed by atoms with Gasteiger partial charge in [-0.25, -0.2) is 0 Å². The van der Waals surface area contributed by atoms with Crippen LogP contribution in [-0.2, 0) is 82.6 Å². The fourth-order valence-corrected chi connectivity index (χ4v) is 9.10. The molecule has 0 saturated carbocycles. The molecule has 0 N–H and O–H groups in total. The molecule has 0 radical (unpaired) electrons. The van der Waals surface area contributed by atoms with Crippen molar-refractivity contribution >= 4 is 53.6 Å². The number of benzene rings is 3. The second-order valence-electron chi connectivity index (χ2n) is 16.8. The number of imide groups is 1. The van der Waals surface area contributed by atoms with Crippen molar-refractivity contribution in [1.82, 2.24) is 4.90 Å². The van der Waals surface area contributed by atoms with Gasteiger partial charge in [0.05, 0.1) is 32.5 Å². The Labute approximate surface area is 413 Å². The smallest absolute Gasteiger partial charge is 0.303 e. The maximum absolute atomic E-state index is 14.3. The van der Waals surface area contributed by atoms with Crippen LogP contribution >= 0.6 is 0 Å². The van der Waals surface area contributed by atoms with Gasteiger partial charge in [0, 0.05) is 71.6 Å². The minimum Gasteiger partial charge on any atom is -0.496 e. The molecule has 0 bridgehead atoms. The number of carbonyl (C=O) groups excluding carboxylic acids is 9. The summed E-state index contributed by atoms with van der Waals surface area (Å²) in [6.45, 7) is 6.86. The zero-order valence-electron chi connectivity index (χ0n) is 41.1. The van der Waals surface area contributed by atoms with Crippen molar-refractivity contribution in [3.8, 4) is 17.2 Å². The van der Waals surface area contributed by atoms with Gasteiger partial charge < -0.3 is 56.8 Å². The molecule has 22 heteroatoms. The van der Waals surface area contributed by atoms with Gasteiger partial charge in [-0.05, 0) is 42.0 Å². The molecule has 0 unspecified atom stereocenters. The molecular formula is C50H55NO21. The number of esters is 7. The van der Waals surface area contributed by atoms with Gasteiger partial charge in [-0.15, -0.1) is 0 Å². The molecule has 2 saturated heterocycles. The van der Waals surface area contributed by atoms with Crippen LogP contribution in [0.25, 0.3) is 0 Å². The Hall–Kier alpha value is -7.59. The molecule has 3 aliphatic rings. The molecule has 0 aromatic heterocycles. The van der Waals surface area contributed by atoms with E-state index in [1.807, 2.05) is 0 Å². The fraction of sp³-hybridized carbons (Fsp3) is 0.460. The number of rotatable bonds is 17. The van der Waals surface area contributed by atoms with Crippen molar-refractivity contribution < 1.29 is 100.0 Å². The standard InChI is InChI=1S/C50H55NO21/c1-23(52)64-21-39-44(66-25(3)54)46(68-27(5)56)41(51-49(59)32-13-11-12-14-33(32)50(51)60)42(71-39)35-20-37(62-9)31(19-38(35)63-10)17-30-15-16-36(61-8)34(18-30)43-47(69-28(6)57)48(70-29(7)58)45(67-26(4)55)40(72-43)22-65-24(2)53/h11-16,18-20,39-48H,17,21-22H2,1-10H3/t39-,40-,41+,42+,43+,44-,45+,46-,47+,48+/m1/s1. The summed E-state index contributed by atoms with van der Waals surface area (Å²) >= 11 is 0. The molecule has 6 rings (SSSR count). The Bertz CT molecular complexity index is 2580. The Morgan fingerprint density at radius 2 is 0.931 bits per heavy atom. The Morgan fingerprint density at radius 3 is 1.42 bits per heavy atom. The molecule has 2 fully saturated rings. The molecule has 3 aromatic rings. The van der Waals surface area contributed by atoms with Crippen molar-refractivity contribution in [1.29, 1.82) is 0 Å². The summed E-state index contributed by atoms with van der Waals surface area (Å²) in [4.78, 5) is 117. The van der Waals surface area contributed by atoms with E-state index in [9.17, 15) is 43.2 Å². The molecule has 3 heterocycles. The summed E-state index contributed by atoms with van der Waals surface area (Å²) < 4.78 is 69.9. The number of ether oxygens (including phenoxy) is 12. The van der Waals surface area contributed by atoms with Crippen LogP contribution in [0.3, 0.4) is 0 Å². The van der Waals surface area contributed by atoms with E-state index in [1.165, 1.54) is 39.5 Å². The van der Waals surface area contributed by atoms with Gasteiger partial charge >= 0.3 is 41.8 Å². The summed E-state index contributed by atoms with van der Waals surface area (Å²) in [6.07, 6.45) is -12.7. The third-order valence-corrected chi connectivity index (χ3v) is 11.8. The van der Waals surface area contributed by atoms with Gasteiger partial charge in [-0.2, -0.15) is 0 Å². The molecule has 386 valence electrons. The minimum atomic E-state index is -1.60. The third-order valence-electron chi connectivity index (χ3n) is 11.8. The highest BCUT2D eigenvalue weighted by atomic mass is 16.7. The number of amides is 2. The normalized spacial score (nSPS) is 24.4. The van der Waals surface area contributed by atoms with Gasteiger partial charge in [0.1, 0.15) is 60.9 Å². The van der Waals surface area contributed by atoms with E-state index in [0.717, 1.165) is 53.4 Å². The molecule has 72 heavy (non-hydrogen) atoms. The van der Waals surface area contributed by atoms with Gasteiger partial charge in [0.15, 0.2) is 30.5 Å². The van der Waals surface area contributed by atoms with Crippen LogP contribution in [0.5, 0.6) is 17.2 Å². The van der Waals surface area contributed by atoms with Gasteiger partial charge in [0.25, 0.3) is 11.8 Å². The number of methoxy groups -OCH3 is 3. The molecular weight excluding hydrogens is 951 g/mol. The highest BCUT2D eigenvalue weighted by Crippen LogP contribution is 2.47. The van der Waals surface area contributed by atoms with E-state index in [1.54, 1.807) is 36.4 Å². The van der Waals surface area contributed by atoms with E-state index in [-0.39, 0.29) is 45.9 Å². The lowest BCUT2D eigenvalue weighted by Gasteiger charge is -2.47. The highest BCUT2D eigenvalue weighted by Gasteiger charge is 2.58. The minimum absolute atomic E-state index is 0.0523. The fourth-order valence-electron chi connectivity index (χ4n) is 9.10. The van der Waals surface area contributed by atoms with Crippen molar-refractivity contribution in [2.75, 3.05) is 34.5 Å². The zero-order chi connectivity index (χ0) is 52.7. The number of carbonyl (C=O) groups is 9. The molecule has 0 spiro atoms. The first-order chi connectivity index (χ1) is 34.2. The number of hydrogen-bond donors (Lipinski definition) is 0. The molecule has 2 amide bonds. The van der Waals surface area contributed by atoms with Crippen LogP contribution in [0.2, 0.25) is 0 Å². The first-order valence-electron chi connectivity index (χ1n) is 22.5. The first kappa shape index (κ1) is 53.8. The van der Waals surface area contributed by atoms with E-state index in [2.05, 4.69) is 0 Å². The topological polar surface area (TPSA) is 268 Å². The monoisotopic (exact) mass is 1010 g/mol. The molecule has 3 aromatic carbocycles. The summed E-state index contributed by atoms with van der Waals surface area (Å²) in [5.41, 5.74) is 1.58. The largest absolute Gasteiger partial charge is 0.496 e. The van der Waals surface area contributed by atoms with Gasteiger partial charge in [0.2, 0.25) is 0 Å². The summed E-state index contributed by atoms with van der Waals surface area (Å²) in [5, 5.41) is 0. The van der Waals surface area contributed by atoms with Crippen LogP contribution < -0.4 is 14.2 Å². The van der Waals surface area contributed by atoms with E-state index < -0.39 is 128 Å². The lowest BCUT2D eigenvalue weighted by molar-refractivity contribution is -0.254.